The lowest BCUT2D eigenvalue weighted by molar-refractivity contribution is 0.339. The molecular weight excluding hydrogens is 196 g/mol. The Morgan fingerprint density at radius 3 is 2.60 bits per heavy atom. The van der Waals surface area contributed by atoms with Crippen molar-refractivity contribution in [3.8, 4) is 17.2 Å². The second-order valence-corrected chi connectivity index (χ2v) is 2.76. The van der Waals surface area contributed by atoms with E-state index in [9.17, 15) is 5.11 Å². The summed E-state index contributed by atoms with van der Waals surface area (Å²) in [5, 5.41) is 18.4. The standard InChI is InChI=1S/C11H14O4/c1-14-9-6-8(4-3-5-12)7-10(15-2)11(9)13/h3-4,6-7,12-13H,5H2,1-2H3/b4-3+/i1D3. The van der Waals surface area contributed by atoms with Gasteiger partial charge in [0.05, 0.1) is 24.9 Å². The van der Waals surface area contributed by atoms with Crippen LogP contribution in [0.5, 0.6) is 17.2 Å². The summed E-state index contributed by atoms with van der Waals surface area (Å²) < 4.78 is 30.6. The molecule has 4 heteroatoms. The quantitative estimate of drug-likeness (QED) is 0.794. The van der Waals surface area contributed by atoms with Gasteiger partial charge in [0.15, 0.2) is 11.5 Å². The van der Waals surface area contributed by atoms with Crippen LogP contribution in [0.4, 0.5) is 0 Å². The summed E-state index contributed by atoms with van der Waals surface area (Å²) in [4.78, 5) is 0. The summed E-state index contributed by atoms with van der Waals surface area (Å²) in [5.74, 6) is -0.490. The lowest BCUT2D eigenvalue weighted by Crippen LogP contribution is -1.90. The Hall–Kier alpha value is -1.68. The number of hydrogen-bond acceptors (Lipinski definition) is 4. The molecule has 15 heavy (non-hydrogen) atoms. The van der Waals surface area contributed by atoms with Crippen LogP contribution in [0, 0.1) is 0 Å². The van der Waals surface area contributed by atoms with Crippen LogP contribution in [0.25, 0.3) is 6.08 Å². The van der Waals surface area contributed by atoms with Gasteiger partial charge in [-0.15, -0.1) is 0 Å². The molecule has 4 nitrogen and oxygen atoms in total. The zero-order valence-electron chi connectivity index (χ0n) is 11.2. The van der Waals surface area contributed by atoms with E-state index in [0.29, 0.717) is 5.56 Å². The third-order valence-electron chi connectivity index (χ3n) is 1.81. The van der Waals surface area contributed by atoms with Crippen LogP contribution in [-0.4, -0.2) is 31.0 Å². The van der Waals surface area contributed by atoms with Crippen molar-refractivity contribution in [2.24, 2.45) is 0 Å². The van der Waals surface area contributed by atoms with Crippen molar-refractivity contribution >= 4 is 6.08 Å². The molecule has 0 fully saturated rings. The number of rotatable bonds is 4. The SMILES string of the molecule is [2H]C([2H])([2H])Oc1cc(/C=C/CO)cc(OC)c1O. The number of aliphatic hydroxyl groups excluding tert-OH is 1. The molecule has 0 aliphatic heterocycles. The predicted molar refractivity (Wildman–Crippen MR) is 57.3 cm³/mol. The molecule has 0 spiro atoms. The van der Waals surface area contributed by atoms with Crippen molar-refractivity contribution in [3.05, 3.63) is 23.8 Å². The van der Waals surface area contributed by atoms with E-state index in [0.717, 1.165) is 0 Å². The highest BCUT2D eigenvalue weighted by molar-refractivity contribution is 5.61. The smallest absolute Gasteiger partial charge is 0.200 e. The van der Waals surface area contributed by atoms with E-state index in [4.69, 9.17) is 14.0 Å². The second kappa shape index (κ2) is 5.26. The number of aliphatic hydroxyl groups is 1. The van der Waals surface area contributed by atoms with Crippen LogP contribution in [0.3, 0.4) is 0 Å². The Bertz CT molecular complexity index is 441. The molecule has 1 rings (SSSR count). The van der Waals surface area contributed by atoms with Crippen molar-refractivity contribution in [2.45, 2.75) is 0 Å². The first-order chi connectivity index (χ1) is 8.37. The molecular formula is C11H14O4. The fourth-order valence-electron chi connectivity index (χ4n) is 1.12. The largest absolute Gasteiger partial charge is 0.502 e. The van der Waals surface area contributed by atoms with Gasteiger partial charge in [-0.2, -0.15) is 0 Å². The Morgan fingerprint density at radius 2 is 2.07 bits per heavy atom. The van der Waals surface area contributed by atoms with Gasteiger partial charge in [0.25, 0.3) is 0 Å². The first-order valence-corrected chi connectivity index (χ1v) is 4.25. The lowest BCUT2D eigenvalue weighted by atomic mass is 10.1. The average Bonchev–Trinajstić information content (AvgIpc) is 2.28. The minimum absolute atomic E-state index is 0.0920. The molecule has 1 aromatic carbocycles. The van der Waals surface area contributed by atoms with Gasteiger partial charge in [0.2, 0.25) is 5.75 Å². The van der Waals surface area contributed by atoms with Crippen LogP contribution < -0.4 is 9.47 Å². The summed E-state index contributed by atoms with van der Waals surface area (Å²) in [6.07, 6.45) is 3.01. The molecule has 0 aliphatic rings. The van der Waals surface area contributed by atoms with E-state index in [1.54, 1.807) is 6.08 Å². The van der Waals surface area contributed by atoms with Crippen molar-refractivity contribution in [2.75, 3.05) is 20.8 Å². The van der Waals surface area contributed by atoms with Crippen molar-refractivity contribution in [1.82, 2.24) is 0 Å². The van der Waals surface area contributed by atoms with Crippen molar-refractivity contribution in [3.63, 3.8) is 0 Å². The van der Waals surface area contributed by atoms with E-state index < -0.39 is 7.04 Å². The number of benzene rings is 1. The summed E-state index contributed by atoms with van der Waals surface area (Å²) in [6.45, 7) is -0.154. The van der Waals surface area contributed by atoms with E-state index in [1.165, 1.54) is 25.3 Å². The van der Waals surface area contributed by atoms with Crippen molar-refractivity contribution in [1.29, 1.82) is 0 Å². The molecule has 0 saturated carbocycles. The van der Waals surface area contributed by atoms with Gasteiger partial charge in [0.1, 0.15) is 0 Å². The Balaban J connectivity index is 3.18. The second-order valence-electron chi connectivity index (χ2n) is 2.76. The molecule has 0 heterocycles. The molecule has 0 atom stereocenters. The molecule has 0 amide bonds. The third-order valence-corrected chi connectivity index (χ3v) is 1.81. The molecule has 0 aromatic heterocycles. The van der Waals surface area contributed by atoms with Gasteiger partial charge in [0, 0.05) is 0 Å². The normalized spacial score (nSPS) is 14.4. The Kier molecular flexibility index (Phi) is 2.66. The van der Waals surface area contributed by atoms with E-state index >= 15 is 0 Å². The van der Waals surface area contributed by atoms with Gasteiger partial charge in [-0.3, -0.25) is 0 Å². The van der Waals surface area contributed by atoms with E-state index in [1.807, 2.05) is 0 Å². The first-order valence-electron chi connectivity index (χ1n) is 5.75. The number of phenolic OH excluding ortho intramolecular Hbond substituents is 1. The summed E-state index contributed by atoms with van der Waals surface area (Å²) in [5.41, 5.74) is 0.540. The maximum Gasteiger partial charge on any atom is 0.200 e. The van der Waals surface area contributed by atoms with Gasteiger partial charge >= 0.3 is 0 Å². The molecule has 0 saturated heterocycles. The highest BCUT2D eigenvalue weighted by Gasteiger charge is 2.09. The summed E-state index contributed by atoms with van der Waals surface area (Å²) >= 11 is 0. The average molecular weight is 213 g/mol. The minimum atomic E-state index is -2.66. The van der Waals surface area contributed by atoms with E-state index in [-0.39, 0.29) is 23.9 Å². The first kappa shape index (κ1) is 7.59. The van der Waals surface area contributed by atoms with Gasteiger partial charge in [-0.1, -0.05) is 12.2 Å². The Labute approximate surface area is 92.6 Å². The molecule has 0 bridgehead atoms. The van der Waals surface area contributed by atoms with Crippen LogP contribution in [0.2, 0.25) is 0 Å². The highest BCUT2D eigenvalue weighted by atomic mass is 16.5. The zero-order valence-corrected chi connectivity index (χ0v) is 8.23. The van der Waals surface area contributed by atoms with Crippen LogP contribution in [0.1, 0.15) is 9.68 Å². The number of phenols is 1. The number of hydrogen-bond donors (Lipinski definition) is 2. The number of methoxy groups -OCH3 is 2. The predicted octanol–water partition coefficient (Wildman–Crippen LogP) is 1.41. The molecule has 2 N–H and O–H groups in total. The fraction of sp³-hybridized carbons (Fsp3) is 0.273. The fourth-order valence-corrected chi connectivity index (χ4v) is 1.12. The molecule has 0 aliphatic carbocycles. The van der Waals surface area contributed by atoms with Crippen molar-refractivity contribution < 1.29 is 23.8 Å². The third kappa shape index (κ3) is 2.63. The van der Waals surface area contributed by atoms with E-state index in [2.05, 4.69) is 4.74 Å². The summed E-state index contributed by atoms with van der Waals surface area (Å²) in [6, 6.07) is 2.84. The van der Waals surface area contributed by atoms with Gasteiger partial charge < -0.3 is 19.7 Å². The molecule has 0 unspecified atom stereocenters. The van der Waals surface area contributed by atoms with Crippen LogP contribution in [-0.2, 0) is 0 Å². The number of aromatic hydroxyl groups is 1. The molecule has 1 aromatic rings. The monoisotopic (exact) mass is 213 g/mol. The maximum absolute atomic E-state index is 9.73. The highest BCUT2D eigenvalue weighted by Crippen LogP contribution is 2.37. The van der Waals surface area contributed by atoms with Gasteiger partial charge in [-0.25, -0.2) is 0 Å². The molecule has 82 valence electrons. The topological polar surface area (TPSA) is 58.9 Å². The zero-order chi connectivity index (χ0) is 13.8. The molecule has 0 radical (unpaired) electrons. The maximum atomic E-state index is 9.73. The minimum Gasteiger partial charge on any atom is -0.502 e. The summed E-state index contributed by atoms with van der Waals surface area (Å²) in [7, 11) is -1.32. The lowest BCUT2D eigenvalue weighted by Gasteiger charge is -2.09. The van der Waals surface area contributed by atoms with Crippen LogP contribution in [0.15, 0.2) is 18.2 Å². The number of ether oxygens (including phenoxy) is 2. The van der Waals surface area contributed by atoms with Gasteiger partial charge in [-0.05, 0) is 17.7 Å². The Morgan fingerprint density at radius 1 is 1.40 bits per heavy atom. The van der Waals surface area contributed by atoms with Crippen LogP contribution >= 0.6 is 0 Å².